The molecular weight excluding hydrogens is 296 g/mol. The molecule has 0 saturated heterocycles. The molecule has 1 aromatic heterocycles. The van der Waals surface area contributed by atoms with Gasteiger partial charge >= 0.3 is 5.69 Å². The monoisotopic (exact) mass is 324 g/mol. The van der Waals surface area contributed by atoms with Crippen LogP contribution in [0.1, 0.15) is 45.4 Å². The summed E-state index contributed by atoms with van der Waals surface area (Å²) in [5, 5.41) is 7.12. The first-order valence-electron chi connectivity index (χ1n) is 8.59. The molecule has 1 amide bonds. The molecule has 1 N–H and O–H groups in total. The first-order valence-corrected chi connectivity index (χ1v) is 8.59. The maximum absolute atomic E-state index is 12.2. The number of carbonyl (C=O) groups excluding carboxylic acids is 1. The van der Waals surface area contributed by atoms with Crippen LogP contribution in [0, 0.1) is 5.92 Å². The SMILES string of the molecule is CC(C)COCCCNC(=O)Cn1nc2n(c1=O)CCCCC2. The number of fused-ring (bicyclic) bond motifs is 1. The van der Waals surface area contributed by atoms with E-state index in [9.17, 15) is 9.59 Å². The number of aromatic nitrogens is 3. The Bertz CT molecular complexity index is 562. The van der Waals surface area contributed by atoms with Gasteiger partial charge in [0.05, 0.1) is 0 Å². The van der Waals surface area contributed by atoms with Crippen molar-refractivity contribution in [1.29, 1.82) is 0 Å². The van der Waals surface area contributed by atoms with Crippen molar-refractivity contribution in [2.45, 2.75) is 59.0 Å². The fraction of sp³-hybridized carbons (Fsp3) is 0.812. The first kappa shape index (κ1) is 17.7. The van der Waals surface area contributed by atoms with Crippen LogP contribution in [0.15, 0.2) is 4.79 Å². The van der Waals surface area contributed by atoms with E-state index in [0.717, 1.165) is 44.5 Å². The predicted octanol–water partition coefficient (Wildman–Crippen LogP) is 0.950. The number of hydrogen-bond acceptors (Lipinski definition) is 4. The molecular formula is C16H28N4O3. The Labute approximate surface area is 137 Å². The minimum atomic E-state index is -0.177. The molecule has 0 saturated carbocycles. The number of ether oxygens (including phenoxy) is 1. The van der Waals surface area contributed by atoms with Crippen LogP contribution in [0.4, 0.5) is 0 Å². The second-order valence-electron chi connectivity index (χ2n) is 6.49. The molecule has 0 unspecified atom stereocenters. The van der Waals surface area contributed by atoms with Gasteiger partial charge in [-0.2, -0.15) is 5.10 Å². The number of nitrogens with zero attached hydrogens (tertiary/aromatic N) is 3. The van der Waals surface area contributed by atoms with Crippen LogP contribution < -0.4 is 11.0 Å². The first-order chi connectivity index (χ1) is 11.1. The van der Waals surface area contributed by atoms with Crippen LogP contribution in [0.3, 0.4) is 0 Å². The van der Waals surface area contributed by atoms with Crippen molar-refractivity contribution >= 4 is 5.91 Å². The molecule has 2 rings (SSSR count). The van der Waals surface area contributed by atoms with Crippen LogP contribution in [0.25, 0.3) is 0 Å². The van der Waals surface area contributed by atoms with Crippen molar-refractivity contribution in [3.63, 3.8) is 0 Å². The summed E-state index contributed by atoms with van der Waals surface area (Å²) in [7, 11) is 0. The van der Waals surface area contributed by atoms with Gasteiger partial charge in [0.25, 0.3) is 0 Å². The lowest BCUT2D eigenvalue weighted by Crippen LogP contribution is -2.34. The van der Waals surface area contributed by atoms with Crippen LogP contribution in [0.5, 0.6) is 0 Å². The van der Waals surface area contributed by atoms with Gasteiger partial charge < -0.3 is 10.1 Å². The minimum Gasteiger partial charge on any atom is -0.381 e. The normalized spacial score (nSPS) is 14.6. The number of aryl methyl sites for hydroxylation is 1. The Kier molecular flexibility index (Phi) is 6.83. The molecule has 0 aliphatic carbocycles. The second-order valence-corrected chi connectivity index (χ2v) is 6.49. The Morgan fingerprint density at radius 1 is 1.35 bits per heavy atom. The Morgan fingerprint density at radius 2 is 2.17 bits per heavy atom. The summed E-state index contributed by atoms with van der Waals surface area (Å²) in [5.41, 5.74) is -0.169. The topological polar surface area (TPSA) is 78.2 Å². The van der Waals surface area contributed by atoms with Crippen molar-refractivity contribution in [1.82, 2.24) is 19.7 Å². The molecule has 2 heterocycles. The minimum absolute atomic E-state index is 0.00825. The highest BCUT2D eigenvalue weighted by Crippen LogP contribution is 2.10. The zero-order valence-electron chi connectivity index (χ0n) is 14.2. The number of amides is 1. The summed E-state index contributed by atoms with van der Waals surface area (Å²) in [6.07, 6.45) is 4.77. The fourth-order valence-electron chi connectivity index (χ4n) is 2.64. The summed E-state index contributed by atoms with van der Waals surface area (Å²) >= 11 is 0. The number of nitrogens with one attached hydrogen (secondary N) is 1. The lowest BCUT2D eigenvalue weighted by atomic mass is 10.2. The van der Waals surface area contributed by atoms with E-state index in [1.54, 1.807) is 4.57 Å². The van der Waals surface area contributed by atoms with E-state index in [2.05, 4.69) is 24.3 Å². The fourth-order valence-corrected chi connectivity index (χ4v) is 2.64. The smallest absolute Gasteiger partial charge is 0.346 e. The molecule has 0 aromatic carbocycles. The van der Waals surface area contributed by atoms with Crippen molar-refractivity contribution in [3.8, 4) is 0 Å². The molecule has 1 aromatic rings. The van der Waals surface area contributed by atoms with Gasteiger partial charge in [0, 0.05) is 32.7 Å². The number of hydrogen-bond donors (Lipinski definition) is 1. The molecule has 1 aliphatic heterocycles. The lowest BCUT2D eigenvalue weighted by Gasteiger charge is -2.07. The summed E-state index contributed by atoms with van der Waals surface area (Å²) in [5.74, 6) is 1.15. The molecule has 23 heavy (non-hydrogen) atoms. The summed E-state index contributed by atoms with van der Waals surface area (Å²) < 4.78 is 8.45. The van der Waals surface area contributed by atoms with E-state index in [1.165, 1.54) is 4.68 Å². The zero-order valence-corrected chi connectivity index (χ0v) is 14.2. The number of carbonyl (C=O) groups is 1. The molecule has 130 valence electrons. The van der Waals surface area contributed by atoms with E-state index in [1.807, 2.05) is 0 Å². The molecule has 1 aliphatic rings. The van der Waals surface area contributed by atoms with Crippen molar-refractivity contribution < 1.29 is 9.53 Å². The van der Waals surface area contributed by atoms with E-state index in [-0.39, 0.29) is 18.1 Å². The van der Waals surface area contributed by atoms with Crippen LogP contribution in [0.2, 0.25) is 0 Å². The van der Waals surface area contributed by atoms with Gasteiger partial charge in [0.1, 0.15) is 12.4 Å². The Hall–Kier alpha value is -1.63. The zero-order chi connectivity index (χ0) is 16.7. The van der Waals surface area contributed by atoms with Gasteiger partial charge in [0.2, 0.25) is 5.91 Å². The van der Waals surface area contributed by atoms with E-state index < -0.39 is 0 Å². The van der Waals surface area contributed by atoms with Gasteiger partial charge in [-0.25, -0.2) is 9.48 Å². The van der Waals surface area contributed by atoms with Gasteiger partial charge in [-0.15, -0.1) is 0 Å². The highest BCUT2D eigenvalue weighted by Gasteiger charge is 2.16. The van der Waals surface area contributed by atoms with E-state index >= 15 is 0 Å². The van der Waals surface area contributed by atoms with Gasteiger partial charge in [-0.05, 0) is 25.2 Å². The molecule has 0 atom stereocenters. The summed E-state index contributed by atoms with van der Waals surface area (Å²) in [4.78, 5) is 24.2. The second kappa shape index (κ2) is 8.86. The van der Waals surface area contributed by atoms with Crippen LogP contribution in [-0.2, 0) is 29.0 Å². The van der Waals surface area contributed by atoms with E-state index in [4.69, 9.17) is 4.74 Å². The number of rotatable bonds is 8. The van der Waals surface area contributed by atoms with Crippen molar-refractivity contribution in [2.75, 3.05) is 19.8 Å². The maximum atomic E-state index is 12.2. The highest BCUT2D eigenvalue weighted by molar-refractivity contribution is 5.75. The average molecular weight is 324 g/mol. The average Bonchev–Trinajstić information content (AvgIpc) is 2.67. The largest absolute Gasteiger partial charge is 0.381 e. The molecule has 0 bridgehead atoms. The van der Waals surface area contributed by atoms with Gasteiger partial charge in [-0.1, -0.05) is 20.3 Å². The standard InChI is InChI=1S/C16H28N4O3/c1-13(2)12-23-10-6-8-17-15(21)11-20-16(22)19-9-5-3-4-7-14(19)18-20/h13H,3-12H2,1-2H3,(H,17,21). The van der Waals surface area contributed by atoms with E-state index in [0.29, 0.717) is 25.6 Å². The van der Waals surface area contributed by atoms with Crippen molar-refractivity contribution in [3.05, 3.63) is 16.3 Å². The maximum Gasteiger partial charge on any atom is 0.346 e. The molecule has 0 radical (unpaired) electrons. The molecule has 7 nitrogen and oxygen atoms in total. The lowest BCUT2D eigenvalue weighted by molar-refractivity contribution is -0.121. The van der Waals surface area contributed by atoms with Crippen LogP contribution in [-0.4, -0.2) is 40.0 Å². The molecule has 0 fully saturated rings. The Balaban J connectivity index is 1.74. The van der Waals surface area contributed by atoms with Gasteiger partial charge in [-0.3, -0.25) is 9.36 Å². The highest BCUT2D eigenvalue weighted by atomic mass is 16.5. The third kappa shape index (κ3) is 5.49. The third-order valence-electron chi connectivity index (χ3n) is 3.81. The van der Waals surface area contributed by atoms with Crippen LogP contribution >= 0.6 is 0 Å². The molecule has 0 spiro atoms. The third-order valence-corrected chi connectivity index (χ3v) is 3.81. The molecule has 7 heteroatoms. The Morgan fingerprint density at radius 3 is 2.96 bits per heavy atom. The predicted molar refractivity (Wildman–Crippen MR) is 87.3 cm³/mol. The van der Waals surface area contributed by atoms with Crippen molar-refractivity contribution in [2.24, 2.45) is 5.92 Å². The quantitative estimate of drug-likeness (QED) is 0.722. The summed E-state index contributed by atoms with van der Waals surface area (Å²) in [6.45, 7) is 6.84. The summed E-state index contributed by atoms with van der Waals surface area (Å²) in [6, 6.07) is 0. The van der Waals surface area contributed by atoms with Gasteiger partial charge in [0.15, 0.2) is 0 Å².